The van der Waals surface area contributed by atoms with Gasteiger partial charge in [0.15, 0.2) is 6.39 Å². The molecular weight excluding hydrogens is 222 g/mol. The molecule has 0 N–H and O–H groups in total. The van der Waals surface area contributed by atoms with E-state index in [4.69, 9.17) is 16.0 Å². The zero-order chi connectivity index (χ0) is 11.0. The number of aromatic nitrogens is 1. The van der Waals surface area contributed by atoms with Crippen LogP contribution in [0.25, 0.3) is 0 Å². The lowest BCUT2D eigenvalue weighted by Crippen LogP contribution is -2.09. The molecule has 16 heavy (non-hydrogen) atoms. The van der Waals surface area contributed by atoms with Crippen molar-refractivity contribution >= 4 is 11.6 Å². The van der Waals surface area contributed by atoms with Gasteiger partial charge in [0.25, 0.3) is 0 Å². The second kappa shape index (κ2) is 3.63. The Kier molecular flexibility index (Phi) is 2.25. The van der Waals surface area contributed by atoms with E-state index < -0.39 is 0 Å². The lowest BCUT2D eigenvalue weighted by molar-refractivity contribution is 0.472. The first-order chi connectivity index (χ1) is 7.87. The largest absolute Gasteiger partial charge is 0.447 e. The van der Waals surface area contributed by atoms with Gasteiger partial charge in [-0.2, -0.15) is 0 Å². The average Bonchev–Trinajstić information content (AvgIpc) is 3.02. The van der Waals surface area contributed by atoms with Crippen LogP contribution in [0.1, 0.15) is 29.9 Å². The molecule has 1 aromatic heterocycles. The van der Waals surface area contributed by atoms with E-state index in [1.54, 1.807) is 0 Å². The molecule has 2 aromatic rings. The lowest BCUT2D eigenvalue weighted by atomic mass is 9.92. The Morgan fingerprint density at radius 3 is 2.62 bits per heavy atom. The van der Waals surface area contributed by atoms with Crippen LogP contribution in [0.4, 0.5) is 0 Å². The van der Waals surface area contributed by atoms with Crippen LogP contribution in [-0.2, 0) is 11.3 Å². The van der Waals surface area contributed by atoms with Crippen LogP contribution in [-0.4, -0.2) is 4.98 Å². The smallest absolute Gasteiger partial charge is 0.181 e. The molecular formula is C13H12ClNO. The molecule has 0 spiro atoms. The molecule has 0 unspecified atom stereocenters. The number of hydrogen-bond acceptors (Lipinski definition) is 2. The summed E-state index contributed by atoms with van der Waals surface area (Å²) < 4.78 is 5.54. The molecule has 3 heteroatoms. The second-order valence-corrected chi connectivity index (χ2v) is 4.48. The molecule has 0 radical (unpaired) electrons. The van der Waals surface area contributed by atoms with Crippen LogP contribution < -0.4 is 0 Å². The maximum Gasteiger partial charge on any atom is 0.181 e. The van der Waals surface area contributed by atoms with Crippen LogP contribution in [0.15, 0.2) is 41.1 Å². The fourth-order valence-electron chi connectivity index (χ4n) is 2.28. The molecule has 0 aliphatic heterocycles. The Morgan fingerprint density at radius 1 is 1.25 bits per heavy atom. The van der Waals surface area contributed by atoms with E-state index in [1.807, 2.05) is 6.07 Å². The predicted octanol–water partition coefficient (Wildman–Crippen LogP) is 3.49. The highest BCUT2D eigenvalue weighted by atomic mass is 35.5. The molecule has 1 aliphatic carbocycles. The molecule has 0 atom stereocenters. The Bertz CT molecular complexity index is 488. The molecule has 3 rings (SSSR count). The fourth-order valence-corrected chi connectivity index (χ4v) is 2.47. The topological polar surface area (TPSA) is 26.0 Å². The van der Waals surface area contributed by atoms with Gasteiger partial charge in [-0.3, -0.25) is 0 Å². The third kappa shape index (κ3) is 1.37. The van der Waals surface area contributed by atoms with Gasteiger partial charge < -0.3 is 4.42 Å². The summed E-state index contributed by atoms with van der Waals surface area (Å²) in [5.41, 5.74) is 2.23. The van der Waals surface area contributed by atoms with Crippen molar-refractivity contribution in [2.45, 2.75) is 24.1 Å². The number of halogens is 1. The maximum absolute atomic E-state index is 5.87. The van der Waals surface area contributed by atoms with Gasteiger partial charge in [-0.25, -0.2) is 4.98 Å². The van der Waals surface area contributed by atoms with Crippen LogP contribution >= 0.6 is 11.6 Å². The van der Waals surface area contributed by atoms with Gasteiger partial charge in [-0.05, 0) is 18.4 Å². The number of oxazole rings is 1. The van der Waals surface area contributed by atoms with E-state index in [0.29, 0.717) is 5.88 Å². The monoisotopic (exact) mass is 233 g/mol. The highest BCUT2D eigenvalue weighted by Gasteiger charge is 2.50. The summed E-state index contributed by atoms with van der Waals surface area (Å²) in [6, 6.07) is 10.4. The third-order valence-electron chi connectivity index (χ3n) is 3.28. The van der Waals surface area contributed by atoms with Crippen molar-refractivity contribution in [3.63, 3.8) is 0 Å². The van der Waals surface area contributed by atoms with Crippen molar-refractivity contribution in [3.05, 3.63) is 53.7 Å². The minimum absolute atomic E-state index is 0.0436. The predicted molar refractivity (Wildman–Crippen MR) is 62.5 cm³/mol. The Balaban J connectivity index is 2.07. The van der Waals surface area contributed by atoms with Crippen LogP contribution in [0.5, 0.6) is 0 Å². The van der Waals surface area contributed by atoms with Crippen molar-refractivity contribution < 1.29 is 4.42 Å². The zero-order valence-corrected chi connectivity index (χ0v) is 9.57. The normalized spacial score (nSPS) is 17.3. The van der Waals surface area contributed by atoms with Gasteiger partial charge in [-0.1, -0.05) is 30.3 Å². The quantitative estimate of drug-likeness (QED) is 0.759. The molecule has 1 aromatic carbocycles. The molecule has 0 saturated heterocycles. The Morgan fingerprint density at radius 2 is 2.00 bits per heavy atom. The lowest BCUT2D eigenvalue weighted by Gasteiger charge is -2.13. The van der Waals surface area contributed by atoms with Gasteiger partial charge in [0.1, 0.15) is 5.76 Å². The van der Waals surface area contributed by atoms with Gasteiger partial charge in [-0.15, -0.1) is 11.6 Å². The van der Waals surface area contributed by atoms with E-state index in [-0.39, 0.29) is 5.41 Å². The number of hydrogen-bond donors (Lipinski definition) is 0. The summed E-state index contributed by atoms with van der Waals surface area (Å²) in [5.74, 6) is 1.37. The van der Waals surface area contributed by atoms with Crippen LogP contribution in [0.3, 0.4) is 0 Å². The summed E-state index contributed by atoms with van der Waals surface area (Å²) in [6.45, 7) is 0. The number of rotatable bonds is 3. The Labute approximate surface area is 99.3 Å². The first-order valence-corrected chi connectivity index (χ1v) is 5.94. The molecule has 0 bridgehead atoms. The minimum Gasteiger partial charge on any atom is -0.447 e. The molecule has 1 fully saturated rings. The van der Waals surface area contributed by atoms with Crippen LogP contribution in [0.2, 0.25) is 0 Å². The molecule has 1 aliphatic rings. The van der Waals surface area contributed by atoms with E-state index in [2.05, 4.69) is 29.2 Å². The van der Waals surface area contributed by atoms with E-state index in [0.717, 1.165) is 24.3 Å². The van der Waals surface area contributed by atoms with Crippen LogP contribution in [0, 0.1) is 0 Å². The standard InChI is InChI=1S/C13H12ClNO/c14-8-11-12(16-9-15-11)13(6-7-13)10-4-2-1-3-5-10/h1-5,9H,6-8H2. The molecule has 1 saturated carbocycles. The molecule has 1 heterocycles. The maximum atomic E-state index is 5.87. The number of benzene rings is 1. The summed E-state index contributed by atoms with van der Waals surface area (Å²) in [4.78, 5) is 4.17. The Hall–Kier alpha value is -1.28. The van der Waals surface area contributed by atoms with Gasteiger partial charge in [0, 0.05) is 0 Å². The summed E-state index contributed by atoms with van der Waals surface area (Å²) in [7, 11) is 0. The molecule has 2 nitrogen and oxygen atoms in total. The summed E-state index contributed by atoms with van der Waals surface area (Å²) >= 11 is 5.87. The summed E-state index contributed by atoms with van der Waals surface area (Å²) in [6.07, 6.45) is 3.74. The highest BCUT2D eigenvalue weighted by molar-refractivity contribution is 6.17. The minimum atomic E-state index is 0.0436. The zero-order valence-electron chi connectivity index (χ0n) is 8.82. The summed E-state index contributed by atoms with van der Waals surface area (Å²) in [5, 5.41) is 0. The van der Waals surface area contributed by atoms with Crippen molar-refractivity contribution in [2.75, 3.05) is 0 Å². The van der Waals surface area contributed by atoms with Crippen molar-refractivity contribution in [3.8, 4) is 0 Å². The van der Waals surface area contributed by atoms with Crippen molar-refractivity contribution in [1.82, 2.24) is 4.98 Å². The van der Waals surface area contributed by atoms with E-state index in [1.165, 1.54) is 12.0 Å². The molecule has 0 amide bonds. The third-order valence-corrected chi connectivity index (χ3v) is 3.53. The SMILES string of the molecule is ClCc1ncoc1C1(c2ccccc2)CC1. The fraction of sp³-hybridized carbons (Fsp3) is 0.308. The average molecular weight is 234 g/mol. The van der Waals surface area contributed by atoms with Gasteiger partial charge in [0.05, 0.1) is 17.0 Å². The van der Waals surface area contributed by atoms with Gasteiger partial charge in [0.2, 0.25) is 0 Å². The second-order valence-electron chi connectivity index (χ2n) is 4.21. The van der Waals surface area contributed by atoms with Crippen molar-refractivity contribution in [2.24, 2.45) is 0 Å². The highest BCUT2D eigenvalue weighted by Crippen LogP contribution is 2.54. The first-order valence-electron chi connectivity index (χ1n) is 5.41. The van der Waals surface area contributed by atoms with E-state index in [9.17, 15) is 0 Å². The van der Waals surface area contributed by atoms with Gasteiger partial charge >= 0.3 is 0 Å². The number of alkyl halides is 1. The molecule has 82 valence electrons. The number of nitrogens with zero attached hydrogens (tertiary/aromatic N) is 1. The van der Waals surface area contributed by atoms with Crippen molar-refractivity contribution in [1.29, 1.82) is 0 Å². The van der Waals surface area contributed by atoms with E-state index >= 15 is 0 Å². The first kappa shape index (κ1) is 9.91.